The Bertz CT molecular complexity index is 603. The van der Waals surface area contributed by atoms with E-state index >= 15 is 0 Å². The summed E-state index contributed by atoms with van der Waals surface area (Å²) in [4.78, 5) is 13.9. The third-order valence-electron chi connectivity index (χ3n) is 1.47. The summed E-state index contributed by atoms with van der Waals surface area (Å²) in [6.07, 6.45) is 1.22. The van der Waals surface area contributed by atoms with Crippen LogP contribution in [0.3, 0.4) is 0 Å². The minimum atomic E-state index is -0.476. The number of nitriles is 1. The lowest BCUT2D eigenvalue weighted by Crippen LogP contribution is -1.80. The predicted molar refractivity (Wildman–Crippen MR) is 69.1 cm³/mol. The first-order valence-electron chi connectivity index (χ1n) is 4.30. The van der Waals surface area contributed by atoms with Crippen LogP contribution in [0, 0.1) is 21.4 Å². The zero-order valence-corrected chi connectivity index (χ0v) is 11.7. The summed E-state index contributed by atoms with van der Waals surface area (Å²) in [5.74, 6) is 0.321. The number of thioether (sulfide) groups is 1. The highest BCUT2D eigenvalue weighted by molar-refractivity contribution is 8.04. The number of nitro groups is 1. The van der Waals surface area contributed by atoms with E-state index in [1.165, 1.54) is 41.1 Å². The van der Waals surface area contributed by atoms with Gasteiger partial charge in [0.25, 0.3) is 0 Å². The highest BCUT2D eigenvalue weighted by Gasteiger charge is 2.14. The molecule has 0 bridgehead atoms. The topological polar surface area (TPSA) is 106 Å². The standard InChI is InChI=1S/C7H3N5O2S4/c8-1-2-15-6-10-11-7(18-6)17-5-9-3-4(16-5)12(13)14/h3H,2H2. The van der Waals surface area contributed by atoms with Crippen molar-refractivity contribution in [1.29, 1.82) is 5.26 Å². The van der Waals surface area contributed by atoms with Gasteiger partial charge in [0.05, 0.1) is 16.7 Å². The second-order valence-electron chi connectivity index (χ2n) is 2.60. The molecule has 2 rings (SSSR count). The van der Waals surface area contributed by atoms with Gasteiger partial charge >= 0.3 is 5.00 Å². The first kappa shape index (κ1) is 13.2. The molecular weight excluding hydrogens is 314 g/mol. The molecule has 18 heavy (non-hydrogen) atoms. The van der Waals surface area contributed by atoms with Gasteiger partial charge in [0.15, 0.2) is 13.0 Å². The van der Waals surface area contributed by atoms with Gasteiger partial charge in [-0.05, 0) is 23.1 Å². The molecule has 0 aromatic carbocycles. The van der Waals surface area contributed by atoms with Gasteiger partial charge in [0.1, 0.15) is 6.20 Å². The molecule has 2 aromatic rings. The molecule has 0 saturated heterocycles. The van der Waals surface area contributed by atoms with Gasteiger partial charge in [-0.25, -0.2) is 4.98 Å². The maximum Gasteiger partial charge on any atom is 0.344 e. The lowest BCUT2D eigenvalue weighted by Gasteiger charge is -1.86. The maximum atomic E-state index is 10.5. The molecule has 0 amide bonds. The Labute approximate surface area is 117 Å². The summed E-state index contributed by atoms with van der Waals surface area (Å²) >= 11 is 4.87. The summed E-state index contributed by atoms with van der Waals surface area (Å²) in [6, 6.07) is 2.00. The van der Waals surface area contributed by atoms with E-state index in [2.05, 4.69) is 15.2 Å². The predicted octanol–water partition coefficient (Wildman–Crippen LogP) is 2.67. The molecule has 0 N–H and O–H groups in total. The third kappa shape index (κ3) is 3.39. The van der Waals surface area contributed by atoms with Crippen LogP contribution in [-0.4, -0.2) is 25.9 Å². The highest BCUT2D eigenvalue weighted by Crippen LogP contribution is 2.37. The van der Waals surface area contributed by atoms with Crippen molar-refractivity contribution >= 4 is 51.2 Å². The van der Waals surface area contributed by atoms with Crippen molar-refractivity contribution < 1.29 is 4.92 Å². The smallest absolute Gasteiger partial charge is 0.257 e. The average molecular weight is 317 g/mol. The fourth-order valence-corrected chi connectivity index (χ4v) is 4.51. The zero-order valence-electron chi connectivity index (χ0n) is 8.47. The highest BCUT2D eigenvalue weighted by atomic mass is 32.2. The molecule has 0 atom stereocenters. The fourth-order valence-electron chi connectivity index (χ4n) is 0.847. The molecule has 7 nitrogen and oxygen atoms in total. The Morgan fingerprint density at radius 3 is 2.83 bits per heavy atom. The summed E-state index contributed by atoms with van der Waals surface area (Å²) in [5, 5.41) is 26.7. The van der Waals surface area contributed by atoms with E-state index in [0.29, 0.717) is 18.8 Å². The SMILES string of the molecule is N#CCSc1nnc(Sc2ncc([N+](=O)[O-])s2)s1. The molecule has 11 heteroatoms. The number of rotatable bonds is 5. The van der Waals surface area contributed by atoms with Crippen molar-refractivity contribution in [3.63, 3.8) is 0 Å². The molecule has 0 aliphatic carbocycles. The summed E-state index contributed by atoms with van der Waals surface area (Å²) < 4.78 is 1.90. The molecule has 2 heterocycles. The largest absolute Gasteiger partial charge is 0.344 e. The van der Waals surface area contributed by atoms with Gasteiger partial charge in [-0.1, -0.05) is 23.1 Å². The van der Waals surface area contributed by atoms with E-state index in [4.69, 9.17) is 5.26 Å². The second-order valence-corrected chi connectivity index (χ2v) is 7.31. The van der Waals surface area contributed by atoms with Crippen LogP contribution in [0.2, 0.25) is 0 Å². The average Bonchev–Trinajstić information content (AvgIpc) is 2.96. The normalized spacial score (nSPS) is 10.2. The molecule has 0 aliphatic heterocycles. The van der Waals surface area contributed by atoms with Gasteiger partial charge < -0.3 is 0 Å². The van der Waals surface area contributed by atoms with E-state index < -0.39 is 4.92 Å². The second kappa shape index (κ2) is 6.10. The van der Waals surface area contributed by atoms with Crippen molar-refractivity contribution in [2.24, 2.45) is 0 Å². The van der Waals surface area contributed by atoms with Crippen LogP contribution in [0.4, 0.5) is 5.00 Å². The van der Waals surface area contributed by atoms with E-state index in [0.717, 1.165) is 11.3 Å². The monoisotopic (exact) mass is 317 g/mol. The summed E-state index contributed by atoms with van der Waals surface area (Å²) in [5.41, 5.74) is 0. The fraction of sp³-hybridized carbons (Fsp3) is 0.143. The van der Waals surface area contributed by atoms with Gasteiger partial charge in [-0.15, -0.1) is 10.2 Å². The minimum absolute atomic E-state index is 0.00101. The summed E-state index contributed by atoms with van der Waals surface area (Å²) in [7, 11) is 0. The van der Waals surface area contributed by atoms with Crippen molar-refractivity contribution in [2.45, 2.75) is 13.0 Å². The first-order valence-corrected chi connectivity index (χ1v) is 7.74. The Kier molecular flexibility index (Phi) is 4.48. The lowest BCUT2D eigenvalue weighted by atomic mass is 10.9. The van der Waals surface area contributed by atoms with Crippen molar-refractivity contribution in [3.8, 4) is 6.07 Å². The van der Waals surface area contributed by atoms with E-state index in [1.807, 2.05) is 6.07 Å². The van der Waals surface area contributed by atoms with Crippen molar-refractivity contribution in [2.75, 3.05) is 5.75 Å². The van der Waals surface area contributed by atoms with E-state index in [9.17, 15) is 10.1 Å². The minimum Gasteiger partial charge on any atom is -0.257 e. The maximum absolute atomic E-state index is 10.5. The van der Waals surface area contributed by atoms with Crippen molar-refractivity contribution in [1.82, 2.24) is 15.2 Å². The van der Waals surface area contributed by atoms with Crippen LogP contribution in [0.1, 0.15) is 0 Å². The molecule has 0 unspecified atom stereocenters. The molecular formula is C7H3N5O2S4. The third-order valence-corrected chi connectivity index (χ3v) is 5.47. The zero-order chi connectivity index (χ0) is 13.0. The number of nitrogens with zero attached hydrogens (tertiary/aromatic N) is 5. The number of aromatic nitrogens is 3. The summed E-state index contributed by atoms with van der Waals surface area (Å²) in [6.45, 7) is 0. The van der Waals surface area contributed by atoms with Gasteiger partial charge in [0, 0.05) is 0 Å². The van der Waals surface area contributed by atoms with Crippen LogP contribution in [-0.2, 0) is 0 Å². The van der Waals surface area contributed by atoms with Gasteiger partial charge in [-0.3, -0.25) is 10.1 Å². The Balaban J connectivity index is 2.02. The number of thiazole rings is 1. The molecule has 0 saturated carbocycles. The molecule has 0 fully saturated rings. The Morgan fingerprint density at radius 2 is 2.17 bits per heavy atom. The molecule has 2 aromatic heterocycles. The van der Waals surface area contributed by atoms with Crippen LogP contribution < -0.4 is 0 Å². The van der Waals surface area contributed by atoms with Gasteiger partial charge in [-0.2, -0.15) is 5.26 Å². The quantitative estimate of drug-likeness (QED) is 0.471. The number of hydrogen-bond acceptors (Lipinski definition) is 10. The van der Waals surface area contributed by atoms with Crippen LogP contribution in [0.5, 0.6) is 0 Å². The molecule has 92 valence electrons. The molecule has 0 spiro atoms. The molecule has 0 radical (unpaired) electrons. The van der Waals surface area contributed by atoms with Crippen molar-refractivity contribution in [3.05, 3.63) is 16.3 Å². The van der Waals surface area contributed by atoms with Gasteiger partial charge in [0.2, 0.25) is 0 Å². The Hall–Kier alpha value is -1.22. The Morgan fingerprint density at radius 1 is 1.39 bits per heavy atom. The van der Waals surface area contributed by atoms with E-state index in [-0.39, 0.29) is 5.00 Å². The lowest BCUT2D eigenvalue weighted by molar-refractivity contribution is -0.380. The number of hydrogen-bond donors (Lipinski definition) is 0. The van der Waals surface area contributed by atoms with E-state index in [1.54, 1.807) is 0 Å². The van der Waals surface area contributed by atoms with Crippen LogP contribution >= 0.6 is 46.2 Å². The molecule has 0 aliphatic rings. The van der Waals surface area contributed by atoms with Crippen LogP contribution in [0.15, 0.2) is 19.2 Å². The first-order chi connectivity index (χ1) is 8.69. The van der Waals surface area contributed by atoms with Crippen LogP contribution in [0.25, 0.3) is 0 Å².